The first kappa shape index (κ1) is 23.4. The molecular formula is C25H23N5O5. The molecule has 178 valence electrons. The van der Waals surface area contributed by atoms with E-state index < -0.39 is 17.4 Å². The molecule has 0 aliphatic carbocycles. The molecule has 2 aromatic carbocycles. The standard InChI is InChI=1S/C25H23N5O5/c1-15-7-6-10-21(27-15)28-22(31)14-26-24(32)23-17-8-4-5-9-18(17)25(33)30(29-23)19-12-11-16(34-2)13-20(19)35-3/h4-13H,14H2,1-3H3,(H,26,32)(H,27,28,31). The third-order valence-corrected chi connectivity index (χ3v) is 5.20. The average Bonchev–Trinajstić information content (AvgIpc) is 2.87. The van der Waals surface area contributed by atoms with Gasteiger partial charge < -0.3 is 20.1 Å². The number of nitrogens with zero attached hydrogens (tertiary/aromatic N) is 3. The molecule has 4 rings (SSSR count). The van der Waals surface area contributed by atoms with Gasteiger partial charge in [-0.2, -0.15) is 9.78 Å². The summed E-state index contributed by atoms with van der Waals surface area (Å²) in [5.74, 6) is 0.186. The van der Waals surface area contributed by atoms with Crippen molar-refractivity contribution < 1.29 is 19.1 Å². The van der Waals surface area contributed by atoms with Crippen LogP contribution in [0.25, 0.3) is 16.5 Å². The highest BCUT2D eigenvalue weighted by Gasteiger charge is 2.20. The molecule has 10 heteroatoms. The Morgan fingerprint density at radius 1 is 0.971 bits per heavy atom. The van der Waals surface area contributed by atoms with Crippen LogP contribution in [-0.4, -0.2) is 47.3 Å². The molecule has 10 nitrogen and oxygen atoms in total. The minimum Gasteiger partial charge on any atom is -0.497 e. The van der Waals surface area contributed by atoms with Crippen LogP contribution in [0.15, 0.2) is 65.5 Å². The van der Waals surface area contributed by atoms with Gasteiger partial charge in [-0.3, -0.25) is 14.4 Å². The van der Waals surface area contributed by atoms with Gasteiger partial charge in [-0.1, -0.05) is 24.3 Å². The molecule has 0 bridgehead atoms. The lowest BCUT2D eigenvalue weighted by molar-refractivity contribution is -0.115. The highest BCUT2D eigenvalue weighted by Crippen LogP contribution is 2.27. The van der Waals surface area contributed by atoms with Gasteiger partial charge in [0.25, 0.3) is 11.5 Å². The number of nitrogens with one attached hydrogen (secondary N) is 2. The van der Waals surface area contributed by atoms with Gasteiger partial charge in [-0.25, -0.2) is 4.98 Å². The van der Waals surface area contributed by atoms with Crippen LogP contribution < -0.4 is 25.7 Å². The number of fused-ring (bicyclic) bond motifs is 1. The Bertz CT molecular complexity index is 1480. The number of benzene rings is 2. The van der Waals surface area contributed by atoms with Crippen LogP contribution in [0.2, 0.25) is 0 Å². The number of anilines is 1. The summed E-state index contributed by atoms with van der Waals surface area (Å²) in [5, 5.41) is 10.2. The summed E-state index contributed by atoms with van der Waals surface area (Å²) in [4.78, 5) is 42.9. The summed E-state index contributed by atoms with van der Waals surface area (Å²) in [7, 11) is 2.97. The third kappa shape index (κ3) is 4.96. The molecule has 0 atom stereocenters. The molecule has 2 amide bonds. The van der Waals surface area contributed by atoms with Crippen LogP contribution in [0.4, 0.5) is 5.82 Å². The molecule has 2 N–H and O–H groups in total. The van der Waals surface area contributed by atoms with E-state index in [-0.39, 0.29) is 12.2 Å². The predicted molar refractivity (Wildman–Crippen MR) is 130 cm³/mol. The van der Waals surface area contributed by atoms with Gasteiger partial charge in [-0.15, -0.1) is 0 Å². The second kappa shape index (κ2) is 10.0. The van der Waals surface area contributed by atoms with Gasteiger partial charge >= 0.3 is 0 Å². The first-order valence-electron chi connectivity index (χ1n) is 10.7. The highest BCUT2D eigenvalue weighted by molar-refractivity contribution is 6.06. The number of carbonyl (C=O) groups excluding carboxylic acids is 2. The summed E-state index contributed by atoms with van der Waals surface area (Å²) < 4.78 is 11.7. The Kier molecular flexibility index (Phi) is 6.72. The average molecular weight is 473 g/mol. The molecule has 0 aliphatic heterocycles. The number of ether oxygens (including phenoxy) is 2. The Labute approximate surface area is 200 Å². The number of amides is 2. The van der Waals surface area contributed by atoms with E-state index in [0.717, 1.165) is 10.4 Å². The number of rotatable bonds is 7. The van der Waals surface area contributed by atoms with Crippen molar-refractivity contribution in [3.8, 4) is 17.2 Å². The molecule has 0 saturated heterocycles. The number of hydrogen-bond acceptors (Lipinski definition) is 7. The molecule has 0 fully saturated rings. The van der Waals surface area contributed by atoms with Crippen LogP contribution in [0.3, 0.4) is 0 Å². The summed E-state index contributed by atoms with van der Waals surface area (Å²) in [6, 6.07) is 16.8. The first-order valence-corrected chi connectivity index (χ1v) is 10.7. The molecule has 0 saturated carbocycles. The Hall–Kier alpha value is -4.73. The maximum absolute atomic E-state index is 13.2. The quantitative estimate of drug-likeness (QED) is 0.422. The van der Waals surface area contributed by atoms with Gasteiger partial charge in [0.1, 0.15) is 23.0 Å². The van der Waals surface area contributed by atoms with Crippen LogP contribution >= 0.6 is 0 Å². The van der Waals surface area contributed by atoms with Gasteiger partial charge in [0.05, 0.1) is 26.2 Å². The van der Waals surface area contributed by atoms with Gasteiger partial charge in [-0.05, 0) is 37.3 Å². The van der Waals surface area contributed by atoms with Gasteiger partial charge in [0.2, 0.25) is 5.91 Å². The largest absolute Gasteiger partial charge is 0.497 e. The smallest absolute Gasteiger partial charge is 0.279 e. The SMILES string of the molecule is COc1ccc(-n2nc(C(=O)NCC(=O)Nc3cccc(C)n3)c3ccccc3c2=O)c(OC)c1. The zero-order chi connectivity index (χ0) is 24.9. The van der Waals surface area contributed by atoms with Crippen molar-refractivity contribution in [3.63, 3.8) is 0 Å². The normalized spacial score (nSPS) is 10.6. The van der Waals surface area contributed by atoms with Crippen molar-refractivity contribution in [1.29, 1.82) is 0 Å². The van der Waals surface area contributed by atoms with Crippen molar-refractivity contribution in [2.45, 2.75) is 6.92 Å². The zero-order valence-corrected chi connectivity index (χ0v) is 19.4. The van der Waals surface area contributed by atoms with E-state index in [0.29, 0.717) is 33.8 Å². The number of aromatic nitrogens is 3. The summed E-state index contributed by atoms with van der Waals surface area (Å²) in [6.45, 7) is 1.50. The molecular weight excluding hydrogens is 450 g/mol. The molecule has 0 spiro atoms. The van der Waals surface area contributed by atoms with Crippen LogP contribution in [-0.2, 0) is 4.79 Å². The van der Waals surface area contributed by atoms with E-state index in [2.05, 4.69) is 20.7 Å². The fourth-order valence-corrected chi connectivity index (χ4v) is 3.52. The molecule has 2 heterocycles. The fourth-order valence-electron chi connectivity index (χ4n) is 3.52. The minimum absolute atomic E-state index is 0.0143. The maximum atomic E-state index is 13.2. The summed E-state index contributed by atoms with van der Waals surface area (Å²) >= 11 is 0. The van der Waals surface area contributed by atoms with Crippen molar-refractivity contribution in [3.05, 3.63) is 82.4 Å². The molecule has 4 aromatic rings. The van der Waals surface area contributed by atoms with Crippen LogP contribution in [0.5, 0.6) is 11.5 Å². The summed E-state index contributed by atoms with van der Waals surface area (Å²) in [5.41, 5.74) is 0.642. The van der Waals surface area contributed by atoms with Crippen LogP contribution in [0.1, 0.15) is 16.2 Å². The maximum Gasteiger partial charge on any atom is 0.279 e. The van der Waals surface area contributed by atoms with Crippen molar-refractivity contribution >= 4 is 28.4 Å². The highest BCUT2D eigenvalue weighted by atomic mass is 16.5. The second-order valence-electron chi connectivity index (χ2n) is 7.54. The Morgan fingerprint density at radius 2 is 1.74 bits per heavy atom. The van der Waals surface area contributed by atoms with E-state index in [4.69, 9.17) is 9.47 Å². The minimum atomic E-state index is -0.616. The topological polar surface area (TPSA) is 124 Å². The monoisotopic (exact) mass is 473 g/mol. The predicted octanol–water partition coefficient (Wildman–Crippen LogP) is 2.47. The van der Waals surface area contributed by atoms with E-state index in [9.17, 15) is 14.4 Å². The van der Waals surface area contributed by atoms with Crippen molar-refractivity contribution in [2.75, 3.05) is 26.1 Å². The number of carbonyl (C=O) groups is 2. The second-order valence-corrected chi connectivity index (χ2v) is 7.54. The Morgan fingerprint density at radius 3 is 2.46 bits per heavy atom. The van der Waals surface area contributed by atoms with Gasteiger partial charge in [0, 0.05) is 17.1 Å². The first-order chi connectivity index (χ1) is 16.9. The van der Waals surface area contributed by atoms with Crippen LogP contribution in [0, 0.1) is 6.92 Å². The molecule has 0 unspecified atom stereocenters. The van der Waals surface area contributed by atoms with E-state index in [1.54, 1.807) is 67.6 Å². The third-order valence-electron chi connectivity index (χ3n) is 5.20. The van der Waals surface area contributed by atoms with E-state index in [1.807, 2.05) is 0 Å². The number of methoxy groups -OCH3 is 2. The lowest BCUT2D eigenvalue weighted by Gasteiger charge is -2.14. The number of hydrogen-bond donors (Lipinski definition) is 2. The molecule has 2 aromatic heterocycles. The zero-order valence-electron chi connectivity index (χ0n) is 19.4. The fraction of sp³-hybridized carbons (Fsp3) is 0.160. The van der Waals surface area contributed by atoms with E-state index in [1.165, 1.54) is 14.2 Å². The lowest BCUT2D eigenvalue weighted by Crippen LogP contribution is -2.35. The van der Waals surface area contributed by atoms with Crippen molar-refractivity contribution in [2.24, 2.45) is 0 Å². The molecule has 0 radical (unpaired) electrons. The number of aryl methyl sites for hydroxylation is 1. The van der Waals surface area contributed by atoms with E-state index >= 15 is 0 Å². The lowest BCUT2D eigenvalue weighted by atomic mass is 10.1. The van der Waals surface area contributed by atoms with Crippen molar-refractivity contribution in [1.82, 2.24) is 20.1 Å². The Balaban J connectivity index is 1.67. The number of pyridine rings is 1. The summed E-state index contributed by atoms with van der Waals surface area (Å²) in [6.07, 6.45) is 0. The van der Waals surface area contributed by atoms with Gasteiger partial charge in [0.15, 0.2) is 5.69 Å². The molecule has 0 aliphatic rings. The molecule has 35 heavy (non-hydrogen) atoms.